The van der Waals surface area contributed by atoms with Gasteiger partial charge in [-0.25, -0.2) is 0 Å². The maximum Gasteiger partial charge on any atom is 0.165 e. The van der Waals surface area contributed by atoms with Crippen LogP contribution in [0.5, 0.6) is 5.75 Å². The van der Waals surface area contributed by atoms with Crippen LogP contribution < -0.4 is 4.74 Å². The molecule has 0 aliphatic carbocycles. The number of methoxy groups -OCH3 is 1. The summed E-state index contributed by atoms with van der Waals surface area (Å²) >= 11 is 5.84. The van der Waals surface area contributed by atoms with Crippen LogP contribution in [0, 0.1) is 5.92 Å². The van der Waals surface area contributed by atoms with Crippen LogP contribution in [-0.2, 0) is 0 Å². The minimum Gasteiger partial charge on any atom is -0.495 e. The normalized spacial score (nSPS) is 10.4. The van der Waals surface area contributed by atoms with Gasteiger partial charge in [-0.2, -0.15) is 0 Å². The van der Waals surface area contributed by atoms with E-state index in [-0.39, 0.29) is 11.7 Å². The number of ketones is 1. The van der Waals surface area contributed by atoms with Crippen molar-refractivity contribution in [2.45, 2.75) is 13.8 Å². The molecule has 0 unspecified atom stereocenters. The average molecular weight is 213 g/mol. The number of halogens is 1. The monoisotopic (exact) mass is 212 g/mol. The zero-order valence-corrected chi connectivity index (χ0v) is 9.26. The average Bonchev–Trinajstić information content (AvgIpc) is 2.17. The van der Waals surface area contributed by atoms with Crippen LogP contribution in [0.3, 0.4) is 0 Å². The predicted octanol–water partition coefficient (Wildman–Crippen LogP) is 3.19. The summed E-state index contributed by atoms with van der Waals surface area (Å²) in [6.07, 6.45) is 0. The molecule has 0 aliphatic heterocycles. The van der Waals surface area contributed by atoms with Crippen LogP contribution in [0.1, 0.15) is 24.2 Å². The van der Waals surface area contributed by atoms with Crippen LogP contribution in [0.2, 0.25) is 5.02 Å². The summed E-state index contributed by atoms with van der Waals surface area (Å²) in [7, 11) is 1.53. The molecular weight excluding hydrogens is 200 g/mol. The number of benzene rings is 1. The van der Waals surface area contributed by atoms with E-state index >= 15 is 0 Å². The Labute approximate surface area is 88.8 Å². The number of hydrogen-bond acceptors (Lipinski definition) is 2. The van der Waals surface area contributed by atoms with Crippen molar-refractivity contribution in [3.8, 4) is 5.75 Å². The third kappa shape index (κ3) is 2.26. The SMILES string of the molecule is COc1cc(C(=O)C(C)C)ccc1Cl. The molecule has 1 aromatic rings. The van der Waals surface area contributed by atoms with Crippen molar-refractivity contribution in [3.63, 3.8) is 0 Å². The van der Waals surface area contributed by atoms with Gasteiger partial charge in [0, 0.05) is 11.5 Å². The number of rotatable bonds is 3. The van der Waals surface area contributed by atoms with Crippen LogP contribution >= 0.6 is 11.6 Å². The number of carbonyl (C=O) groups is 1. The summed E-state index contributed by atoms with van der Waals surface area (Å²) in [5, 5.41) is 0.521. The second-order valence-corrected chi connectivity index (χ2v) is 3.78. The van der Waals surface area contributed by atoms with Crippen LogP contribution in [0.4, 0.5) is 0 Å². The van der Waals surface area contributed by atoms with Crippen molar-refractivity contribution in [1.82, 2.24) is 0 Å². The molecule has 0 heterocycles. The van der Waals surface area contributed by atoms with Crippen molar-refractivity contribution in [2.75, 3.05) is 7.11 Å². The highest BCUT2D eigenvalue weighted by Gasteiger charge is 2.12. The molecule has 0 amide bonds. The van der Waals surface area contributed by atoms with E-state index in [2.05, 4.69) is 0 Å². The zero-order chi connectivity index (χ0) is 10.7. The standard InChI is InChI=1S/C11H13ClO2/c1-7(2)11(13)8-4-5-9(12)10(6-8)14-3/h4-7H,1-3H3. The van der Waals surface area contributed by atoms with Gasteiger partial charge in [0.15, 0.2) is 5.78 Å². The van der Waals surface area contributed by atoms with Gasteiger partial charge in [-0.3, -0.25) is 4.79 Å². The summed E-state index contributed by atoms with van der Waals surface area (Å²) in [5.41, 5.74) is 0.640. The van der Waals surface area contributed by atoms with E-state index in [1.807, 2.05) is 13.8 Å². The molecule has 14 heavy (non-hydrogen) atoms. The highest BCUT2D eigenvalue weighted by atomic mass is 35.5. The number of hydrogen-bond donors (Lipinski definition) is 0. The first-order chi connectivity index (χ1) is 6.56. The fourth-order valence-electron chi connectivity index (χ4n) is 1.15. The summed E-state index contributed by atoms with van der Waals surface area (Å²) in [6, 6.07) is 5.06. The highest BCUT2D eigenvalue weighted by Crippen LogP contribution is 2.25. The van der Waals surface area contributed by atoms with E-state index in [1.165, 1.54) is 7.11 Å². The molecule has 76 valence electrons. The van der Waals surface area contributed by atoms with Crippen molar-refractivity contribution in [1.29, 1.82) is 0 Å². The van der Waals surface area contributed by atoms with Crippen LogP contribution in [0.15, 0.2) is 18.2 Å². The lowest BCUT2D eigenvalue weighted by Gasteiger charge is -2.07. The van der Waals surface area contributed by atoms with Gasteiger partial charge in [-0.1, -0.05) is 25.4 Å². The van der Waals surface area contributed by atoms with E-state index in [9.17, 15) is 4.79 Å². The van der Waals surface area contributed by atoms with Gasteiger partial charge >= 0.3 is 0 Å². The minimum absolute atomic E-state index is 0.0131. The lowest BCUT2D eigenvalue weighted by molar-refractivity contribution is 0.0939. The molecule has 0 atom stereocenters. The summed E-state index contributed by atoms with van der Waals surface area (Å²) in [6.45, 7) is 3.73. The van der Waals surface area contributed by atoms with Crippen molar-refractivity contribution >= 4 is 17.4 Å². The number of ether oxygens (including phenoxy) is 1. The molecule has 0 fully saturated rings. The predicted molar refractivity (Wildman–Crippen MR) is 57.2 cm³/mol. The second-order valence-electron chi connectivity index (χ2n) is 3.37. The van der Waals surface area contributed by atoms with Gasteiger partial charge in [0.05, 0.1) is 12.1 Å². The quantitative estimate of drug-likeness (QED) is 0.720. The van der Waals surface area contributed by atoms with Crippen LogP contribution in [-0.4, -0.2) is 12.9 Å². The molecule has 0 spiro atoms. The molecule has 3 heteroatoms. The third-order valence-corrected chi connectivity index (χ3v) is 2.27. The third-order valence-electron chi connectivity index (χ3n) is 1.96. The number of carbonyl (C=O) groups excluding carboxylic acids is 1. The Balaban J connectivity index is 3.06. The van der Waals surface area contributed by atoms with E-state index in [0.29, 0.717) is 16.3 Å². The van der Waals surface area contributed by atoms with Gasteiger partial charge in [-0.05, 0) is 18.2 Å². The number of Topliss-reactive ketones (excluding diaryl/α,β-unsaturated/α-hetero) is 1. The fraction of sp³-hybridized carbons (Fsp3) is 0.364. The maximum atomic E-state index is 11.6. The molecular formula is C11H13ClO2. The van der Waals surface area contributed by atoms with Gasteiger partial charge in [0.2, 0.25) is 0 Å². The first kappa shape index (κ1) is 11.1. The summed E-state index contributed by atoms with van der Waals surface area (Å²) < 4.78 is 5.03. The van der Waals surface area contributed by atoms with Crippen molar-refractivity contribution in [3.05, 3.63) is 28.8 Å². The highest BCUT2D eigenvalue weighted by molar-refractivity contribution is 6.32. The van der Waals surface area contributed by atoms with Gasteiger partial charge < -0.3 is 4.74 Å². The van der Waals surface area contributed by atoms with E-state index in [1.54, 1.807) is 18.2 Å². The van der Waals surface area contributed by atoms with E-state index in [0.717, 1.165) is 0 Å². The Morgan fingerprint density at radius 2 is 2.07 bits per heavy atom. The van der Waals surface area contributed by atoms with Gasteiger partial charge in [0.25, 0.3) is 0 Å². The van der Waals surface area contributed by atoms with E-state index in [4.69, 9.17) is 16.3 Å². The Hall–Kier alpha value is -1.02. The van der Waals surface area contributed by atoms with Crippen molar-refractivity contribution < 1.29 is 9.53 Å². The Bertz CT molecular complexity index is 345. The molecule has 0 aliphatic rings. The molecule has 0 radical (unpaired) electrons. The first-order valence-electron chi connectivity index (χ1n) is 4.44. The molecule has 1 rings (SSSR count). The molecule has 2 nitrogen and oxygen atoms in total. The minimum atomic E-state index is -0.0131. The lowest BCUT2D eigenvalue weighted by atomic mass is 10.0. The Morgan fingerprint density at radius 1 is 1.43 bits per heavy atom. The lowest BCUT2D eigenvalue weighted by Crippen LogP contribution is -2.07. The van der Waals surface area contributed by atoms with Crippen LogP contribution in [0.25, 0.3) is 0 Å². The van der Waals surface area contributed by atoms with Crippen molar-refractivity contribution in [2.24, 2.45) is 5.92 Å². The Kier molecular flexibility index (Phi) is 3.53. The molecule has 0 bridgehead atoms. The van der Waals surface area contributed by atoms with Gasteiger partial charge in [-0.15, -0.1) is 0 Å². The zero-order valence-electron chi connectivity index (χ0n) is 8.50. The topological polar surface area (TPSA) is 26.3 Å². The smallest absolute Gasteiger partial charge is 0.165 e. The largest absolute Gasteiger partial charge is 0.495 e. The fourth-order valence-corrected chi connectivity index (χ4v) is 1.34. The molecule has 0 N–H and O–H groups in total. The maximum absolute atomic E-state index is 11.6. The Morgan fingerprint density at radius 3 is 2.57 bits per heavy atom. The molecule has 0 aromatic heterocycles. The van der Waals surface area contributed by atoms with Gasteiger partial charge in [0.1, 0.15) is 5.75 Å². The molecule has 0 saturated heterocycles. The second kappa shape index (κ2) is 4.47. The summed E-state index contributed by atoms with van der Waals surface area (Å²) in [5.74, 6) is 0.624. The summed E-state index contributed by atoms with van der Waals surface area (Å²) in [4.78, 5) is 11.6. The van der Waals surface area contributed by atoms with E-state index < -0.39 is 0 Å². The first-order valence-corrected chi connectivity index (χ1v) is 4.81. The molecule has 0 saturated carbocycles. The molecule has 1 aromatic carbocycles.